The van der Waals surface area contributed by atoms with Gasteiger partial charge in [0.2, 0.25) is 0 Å². The van der Waals surface area contributed by atoms with E-state index in [1.807, 2.05) is 24.4 Å². The fourth-order valence-electron chi connectivity index (χ4n) is 4.32. The minimum absolute atomic E-state index is 0.201. The second-order valence-corrected chi connectivity index (χ2v) is 9.36. The third kappa shape index (κ3) is 2.68. The average Bonchev–Trinajstić information content (AvgIpc) is 3.12. The van der Waals surface area contributed by atoms with Gasteiger partial charge in [0, 0.05) is 45.2 Å². The highest BCUT2D eigenvalue weighted by Gasteiger charge is 2.37. The lowest BCUT2D eigenvalue weighted by Gasteiger charge is -2.02. The summed E-state index contributed by atoms with van der Waals surface area (Å²) in [6, 6.07) is 12.6. The Morgan fingerprint density at radius 2 is 1.88 bits per heavy atom. The molecule has 7 heteroatoms. The summed E-state index contributed by atoms with van der Waals surface area (Å²) >= 11 is 1.80. The summed E-state index contributed by atoms with van der Waals surface area (Å²) in [6.45, 7) is 2.14. The number of thiophene rings is 1. The van der Waals surface area contributed by atoms with Gasteiger partial charge in [-0.1, -0.05) is 0 Å². The van der Waals surface area contributed by atoms with Crippen molar-refractivity contribution in [2.24, 2.45) is 0 Å². The number of fused-ring (bicyclic) bond motifs is 4. The standard InChI is InChI=1S/C25H18N6S/c1-13-2-7-20(32-13)15-3-4-19-23(29-19)24-22(15)30-25(31-24)16-12-27-18-6-5-17(28-21(16)18)14-8-10-26-11-9-14/h2-12,23,27,29H,1H3,(H,30,31). The monoisotopic (exact) mass is 434 g/mol. The van der Waals surface area contributed by atoms with Crippen molar-refractivity contribution in [3.8, 4) is 22.6 Å². The molecule has 1 aliphatic heterocycles. The van der Waals surface area contributed by atoms with Crippen LogP contribution in [0.15, 0.2) is 72.8 Å². The molecular formula is C25H18N6S. The average molecular weight is 435 g/mol. The number of aromatic nitrogens is 5. The Morgan fingerprint density at radius 1 is 0.969 bits per heavy atom. The molecule has 0 aromatic carbocycles. The van der Waals surface area contributed by atoms with Gasteiger partial charge in [-0.25, -0.2) is 9.97 Å². The number of aryl methyl sites for hydroxylation is 1. The zero-order chi connectivity index (χ0) is 21.2. The maximum absolute atomic E-state index is 5.09. The number of rotatable bonds is 3. The number of allylic oxidation sites excluding steroid dienone is 2. The molecule has 0 bridgehead atoms. The maximum atomic E-state index is 5.09. The van der Waals surface area contributed by atoms with Crippen molar-refractivity contribution in [3.63, 3.8) is 0 Å². The fraction of sp³-hybridized carbons (Fsp3) is 0.0800. The number of nitrogens with one attached hydrogen (secondary N) is 3. The van der Waals surface area contributed by atoms with Crippen LogP contribution in [-0.2, 0) is 0 Å². The first-order chi connectivity index (χ1) is 15.7. The van der Waals surface area contributed by atoms with Gasteiger partial charge in [-0.3, -0.25) is 4.98 Å². The minimum Gasteiger partial charge on any atom is -0.373 e. The smallest absolute Gasteiger partial charge is 0.142 e. The molecule has 5 aromatic heterocycles. The second-order valence-electron chi connectivity index (χ2n) is 8.07. The zero-order valence-electron chi connectivity index (χ0n) is 17.2. The van der Waals surface area contributed by atoms with E-state index in [1.54, 1.807) is 23.7 Å². The third-order valence-corrected chi connectivity index (χ3v) is 7.04. The summed E-state index contributed by atoms with van der Waals surface area (Å²) in [4.78, 5) is 23.6. The molecule has 3 N–H and O–H groups in total. The highest BCUT2D eigenvalue weighted by atomic mass is 32.1. The normalized spacial score (nSPS) is 16.6. The molecule has 32 heavy (non-hydrogen) atoms. The van der Waals surface area contributed by atoms with Gasteiger partial charge in [0.15, 0.2) is 0 Å². The molecule has 1 unspecified atom stereocenters. The Balaban J connectivity index is 1.38. The van der Waals surface area contributed by atoms with Crippen LogP contribution in [0.1, 0.15) is 27.2 Å². The summed E-state index contributed by atoms with van der Waals surface area (Å²) in [5.41, 5.74) is 9.31. The predicted octanol–water partition coefficient (Wildman–Crippen LogP) is 5.36. The number of hydrogen-bond donors (Lipinski definition) is 3. The molecule has 2 aliphatic rings. The highest BCUT2D eigenvalue weighted by Crippen LogP contribution is 2.43. The van der Waals surface area contributed by atoms with Crippen LogP contribution in [0.25, 0.3) is 39.3 Å². The molecule has 0 saturated carbocycles. The van der Waals surface area contributed by atoms with E-state index in [9.17, 15) is 0 Å². The molecule has 6 heterocycles. The van der Waals surface area contributed by atoms with Gasteiger partial charge in [0.05, 0.1) is 33.7 Å². The molecule has 1 aliphatic carbocycles. The third-order valence-electron chi connectivity index (χ3n) is 6.00. The molecule has 1 saturated heterocycles. The van der Waals surface area contributed by atoms with E-state index >= 15 is 0 Å². The van der Waals surface area contributed by atoms with E-state index in [4.69, 9.17) is 9.97 Å². The van der Waals surface area contributed by atoms with Crippen molar-refractivity contribution in [3.05, 3.63) is 94.0 Å². The number of H-pyrrole nitrogens is 2. The van der Waals surface area contributed by atoms with Crippen molar-refractivity contribution < 1.29 is 0 Å². The number of imidazole rings is 1. The lowest BCUT2D eigenvalue weighted by molar-refractivity contribution is 1.01. The van der Waals surface area contributed by atoms with Gasteiger partial charge in [-0.05, 0) is 55.5 Å². The van der Waals surface area contributed by atoms with Crippen molar-refractivity contribution >= 4 is 27.9 Å². The van der Waals surface area contributed by atoms with Crippen LogP contribution in [0.5, 0.6) is 0 Å². The van der Waals surface area contributed by atoms with Crippen LogP contribution in [0.2, 0.25) is 0 Å². The van der Waals surface area contributed by atoms with Gasteiger partial charge in [0.25, 0.3) is 0 Å². The molecule has 7 rings (SSSR count). The lowest BCUT2D eigenvalue weighted by atomic mass is 10.1. The predicted molar refractivity (Wildman–Crippen MR) is 127 cm³/mol. The Bertz CT molecular complexity index is 1570. The molecular weight excluding hydrogens is 416 g/mol. The van der Waals surface area contributed by atoms with Gasteiger partial charge >= 0.3 is 0 Å². The Morgan fingerprint density at radius 3 is 2.72 bits per heavy atom. The van der Waals surface area contributed by atoms with E-state index in [0.29, 0.717) is 0 Å². The van der Waals surface area contributed by atoms with Gasteiger partial charge in [0.1, 0.15) is 11.9 Å². The quantitative estimate of drug-likeness (QED) is 0.333. The summed E-state index contributed by atoms with van der Waals surface area (Å²) in [5, 5.41) is 3.45. The Labute approximate surface area is 187 Å². The first-order valence-corrected chi connectivity index (χ1v) is 11.3. The Kier molecular flexibility index (Phi) is 3.60. The summed E-state index contributed by atoms with van der Waals surface area (Å²) in [5.74, 6) is 0.828. The number of nitrogens with zero attached hydrogens (tertiary/aromatic N) is 3. The summed E-state index contributed by atoms with van der Waals surface area (Å²) < 4.78 is 0. The molecule has 0 amide bonds. The van der Waals surface area contributed by atoms with Crippen molar-refractivity contribution in [1.82, 2.24) is 30.2 Å². The molecule has 1 atom stereocenters. The largest absolute Gasteiger partial charge is 0.373 e. The molecule has 0 spiro atoms. The van der Waals surface area contributed by atoms with Crippen LogP contribution in [-0.4, -0.2) is 24.9 Å². The van der Waals surface area contributed by atoms with Crippen molar-refractivity contribution in [1.29, 1.82) is 0 Å². The van der Waals surface area contributed by atoms with Gasteiger partial charge < -0.3 is 15.3 Å². The van der Waals surface area contributed by atoms with Crippen molar-refractivity contribution in [2.45, 2.75) is 13.0 Å². The van der Waals surface area contributed by atoms with Gasteiger partial charge in [-0.2, -0.15) is 0 Å². The molecule has 5 aromatic rings. The second kappa shape index (κ2) is 6.51. The fourth-order valence-corrected chi connectivity index (χ4v) is 5.21. The highest BCUT2D eigenvalue weighted by molar-refractivity contribution is 7.13. The Hall–Kier alpha value is -3.97. The summed E-state index contributed by atoms with van der Waals surface area (Å²) in [6.07, 6.45) is 9.91. The van der Waals surface area contributed by atoms with Crippen LogP contribution >= 0.6 is 11.3 Å². The van der Waals surface area contributed by atoms with E-state index in [0.717, 1.165) is 50.6 Å². The number of pyridine rings is 2. The van der Waals surface area contributed by atoms with Crippen molar-refractivity contribution in [2.75, 3.05) is 0 Å². The molecule has 6 nitrogen and oxygen atoms in total. The summed E-state index contributed by atoms with van der Waals surface area (Å²) in [7, 11) is 0. The van der Waals surface area contributed by atoms with Crippen LogP contribution < -0.4 is 5.32 Å². The van der Waals surface area contributed by atoms with E-state index < -0.39 is 0 Å². The first kappa shape index (κ1) is 17.7. The van der Waals surface area contributed by atoms with E-state index in [2.05, 4.69) is 57.5 Å². The van der Waals surface area contributed by atoms with Crippen LogP contribution in [0, 0.1) is 6.92 Å². The van der Waals surface area contributed by atoms with Crippen LogP contribution in [0.3, 0.4) is 0 Å². The lowest BCUT2D eigenvalue weighted by Crippen LogP contribution is -1.93. The van der Waals surface area contributed by atoms with E-state index in [1.165, 1.54) is 15.5 Å². The van der Waals surface area contributed by atoms with Gasteiger partial charge in [-0.15, -0.1) is 11.3 Å². The van der Waals surface area contributed by atoms with E-state index in [-0.39, 0.29) is 6.04 Å². The molecule has 1 fully saturated rings. The zero-order valence-corrected chi connectivity index (χ0v) is 18.0. The topological polar surface area (TPSA) is 92.2 Å². The maximum Gasteiger partial charge on any atom is 0.142 e. The first-order valence-electron chi connectivity index (χ1n) is 10.5. The molecule has 0 radical (unpaired) electrons. The van der Waals surface area contributed by atoms with Crippen LogP contribution in [0.4, 0.5) is 0 Å². The number of aromatic amines is 2. The number of hydrogen-bond acceptors (Lipinski definition) is 5. The molecule has 154 valence electrons. The SMILES string of the molecule is Cc1ccc(C2=CC=C3NC3c3[nH]c(-c4c[nH]c5ccc(-c6ccncc6)nc45)nc32)s1. The minimum atomic E-state index is 0.201.